The highest BCUT2D eigenvalue weighted by atomic mass is 16.5. The van der Waals surface area contributed by atoms with Crippen LogP contribution < -0.4 is 9.93 Å². The summed E-state index contributed by atoms with van der Waals surface area (Å²) in [5.41, 5.74) is 2.17. The van der Waals surface area contributed by atoms with Crippen molar-refractivity contribution in [2.75, 3.05) is 20.2 Å². The first kappa shape index (κ1) is 17.3. The molecule has 3 heteroatoms. The van der Waals surface area contributed by atoms with Gasteiger partial charge in [0.2, 0.25) is 5.36 Å². The Labute approximate surface area is 139 Å². The zero-order valence-electron chi connectivity index (χ0n) is 15.1. The third kappa shape index (κ3) is 3.84. The minimum atomic E-state index is -0.0466. The van der Waals surface area contributed by atoms with Crippen molar-refractivity contribution in [3.8, 4) is 11.3 Å². The van der Waals surface area contributed by atoms with Crippen molar-refractivity contribution in [2.24, 2.45) is 0 Å². The van der Waals surface area contributed by atoms with Crippen molar-refractivity contribution in [3.63, 3.8) is 0 Å². The number of hydrogen-bond donors (Lipinski definition) is 0. The summed E-state index contributed by atoms with van der Waals surface area (Å²) in [5, 5.41) is 1.19. The van der Waals surface area contributed by atoms with Gasteiger partial charge in [-0.15, -0.1) is 0 Å². The van der Waals surface area contributed by atoms with Crippen LogP contribution in [0.5, 0.6) is 0 Å². The fraction of sp³-hybridized carbons (Fsp3) is 0.450. The van der Waals surface area contributed by atoms with Crippen LogP contribution in [-0.2, 0) is 10.2 Å². The number of nitrogens with zero attached hydrogens (tertiary/aromatic N) is 1. The monoisotopic (exact) mass is 314 g/mol. The number of rotatable bonds is 4. The smallest absolute Gasteiger partial charge is 0.203 e. The van der Waals surface area contributed by atoms with Crippen LogP contribution in [0.2, 0.25) is 0 Å². The van der Waals surface area contributed by atoms with E-state index in [-0.39, 0.29) is 5.41 Å². The van der Waals surface area contributed by atoms with E-state index in [4.69, 9.17) is 9.15 Å². The zero-order chi connectivity index (χ0) is 17.0. The SMILES string of the molecule is CC[N+](CC)=c1ccc2c(C=COC)cc(C(C)(C)C)oc-2c1. The molecule has 0 amide bonds. The van der Waals surface area contributed by atoms with Crippen LogP contribution in [0.3, 0.4) is 0 Å². The van der Waals surface area contributed by atoms with Gasteiger partial charge in [-0.1, -0.05) is 20.8 Å². The van der Waals surface area contributed by atoms with Crippen molar-refractivity contribution in [2.45, 2.75) is 40.0 Å². The Morgan fingerprint density at radius 3 is 2.39 bits per heavy atom. The third-order valence-corrected chi connectivity index (χ3v) is 4.03. The molecule has 0 unspecified atom stereocenters. The van der Waals surface area contributed by atoms with Crippen molar-refractivity contribution >= 4 is 6.08 Å². The van der Waals surface area contributed by atoms with Gasteiger partial charge >= 0.3 is 0 Å². The third-order valence-electron chi connectivity index (χ3n) is 4.03. The van der Waals surface area contributed by atoms with Crippen LogP contribution in [0.25, 0.3) is 17.4 Å². The maximum Gasteiger partial charge on any atom is 0.203 e. The van der Waals surface area contributed by atoms with E-state index in [9.17, 15) is 0 Å². The molecule has 0 aromatic carbocycles. The molecule has 1 heterocycles. The Bertz CT molecular complexity index is 726. The van der Waals surface area contributed by atoms with Crippen molar-refractivity contribution < 1.29 is 9.15 Å². The molecule has 0 saturated heterocycles. The molecule has 1 aliphatic heterocycles. The van der Waals surface area contributed by atoms with E-state index >= 15 is 0 Å². The molecule has 0 atom stereocenters. The van der Waals surface area contributed by atoms with Crippen LogP contribution in [0, 0.1) is 0 Å². The van der Waals surface area contributed by atoms with E-state index in [1.165, 1.54) is 5.36 Å². The summed E-state index contributed by atoms with van der Waals surface area (Å²) in [7, 11) is 1.66. The summed E-state index contributed by atoms with van der Waals surface area (Å²) in [5.74, 6) is 1.88. The van der Waals surface area contributed by atoms with Crippen LogP contribution in [0.4, 0.5) is 0 Å². The van der Waals surface area contributed by atoms with E-state index in [1.807, 2.05) is 6.08 Å². The molecule has 0 radical (unpaired) electrons. The summed E-state index contributed by atoms with van der Waals surface area (Å²) in [4.78, 5) is 0. The largest absolute Gasteiger partial charge is 0.504 e. The maximum atomic E-state index is 6.23. The van der Waals surface area contributed by atoms with Crippen LogP contribution in [0.15, 0.2) is 34.9 Å². The summed E-state index contributed by atoms with van der Waals surface area (Å²) < 4.78 is 13.6. The normalized spacial score (nSPS) is 12.1. The molecule has 3 nitrogen and oxygen atoms in total. The molecule has 0 aromatic rings. The molecule has 0 spiro atoms. The molecule has 0 saturated carbocycles. The van der Waals surface area contributed by atoms with Gasteiger partial charge in [0.25, 0.3) is 0 Å². The van der Waals surface area contributed by atoms with Crippen LogP contribution >= 0.6 is 0 Å². The minimum Gasteiger partial charge on any atom is -0.504 e. The second-order valence-electron chi connectivity index (χ2n) is 6.71. The first-order valence-electron chi connectivity index (χ1n) is 8.26. The van der Waals surface area contributed by atoms with Gasteiger partial charge in [-0.3, -0.25) is 0 Å². The molecule has 2 aliphatic rings. The van der Waals surface area contributed by atoms with E-state index in [0.29, 0.717) is 0 Å². The zero-order valence-corrected chi connectivity index (χ0v) is 15.1. The fourth-order valence-electron chi connectivity index (χ4n) is 2.64. The summed E-state index contributed by atoms with van der Waals surface area (Å²) in [6, 6.07) is 8.54. The van der Waals surface area contributed by atoms with Gasteiger partial charge in [-0.05, 0) is 37.6 Å². The predicted molar refractivity (Wildman–Crippen MR) is 96.4 cm³/mol. The van der Waals surface area contributed by atoms with Crippen molar-refractivity contribution in [3.05, 3.63) is 47.2 Å². The topological polar surface area (TPSA) is 25.4 Å². The second kappa shape index (κ2) is 7.03. The number of fused-ring (bicyclic) bond motifs is 1. The summed E-state index contributed by atoms with van der Waals surface area (Å²) in [6.07, 6.45) is 3.70. The second-order valence-corrected chi connectivity index (χ2v) is 6.71. The van der Waals surface area contributed by atoms with Gasteiger partial charge in [-0.2, -0.15) is 0 Å². The Morgan fingerprint density at radius 2 is 1.83 bits per heavy atom. The van der Waals surface area contributed by atoms with E-state index < -0.39 is 0 Å². The first-order chi connectivity index (χ1) is 10.9. The van der Waals surface area contributed by atoms with E-state index in [2.05, 4.69) is 63.5 Å². The molecule has 124 valence electrons. The Kier molecular flexibility index (Phi) is 5.30. The molecule has 1 aliphatic carbocycles. The van der Waals surface area contributed by atoms with Gasteiger partial charge in [0.15, 0.2) is 0 Å². The van der Waals surface area contributed by atoms with Gasteiger partial charge in [0.1, 0.15) is 24.6 Å². The Morgan fingerprint density at radius 1 is 1.13 bits per heavy atom. The highest BCUT2D eigenvalue weighted by molar-refractivity contribution is 5.72. The lowest BCUT2D eigenvalue weighted by atomic mass is 9.90. The Balaban J connectivity index is 2.77. The number of methoxy groups -OCH3 is 1. The van der Waals surface area contributed by atoms with Gasteiger partial charge in [0, 0.05) is 17.0 Å². The fourth-order valence-corrected chi connectivity index (χ4v) is 2.64. The van der Waals surface area contributed by atoms with Crippen molar-refractivity contribution in [1.82, 2.24) is 4.58 Å². The highest BCUT2D eigenvalue weighted by Crippen LogP contribution is 2.32. The average Bonchev–Trinajstić information content (AvgIpc) is 2.52. The van der Waals surface area contributed by atoms with E-state index in [1.54, 1.807) is 13.4 Å². The van der Waals surface area contributed by atoms with Gasteiger partial charge in [0.05, 0.1) is 19.4 Å². The van der Waals surface area contributed by atoms with Crippen LogP contribution in [-0.4, -0.2) is 20.2 Å². The van der Waals surface area contributed by atoms with Gasteiger partial charge < -0.3 is 9.15 Å². The Hall–Kier alpha value is -2.03. The molecular weight excluding hydrogens is 286 g/mol. The molecule has 2 rings (SSSR count). The molecule has 0 fully saturated rings. The molecule has 0 aromatic heterocycles. The average molecular weight is 314 g/mol. The summed E-state index contributed by atoms with van der Waals surface area (Å²) in [6.45, 7) is 12.8. The molecular formula is C20H28NO2+. The van der Waals surface area contributed by atoms with Crippen LogP contribution in [0.1, 0.15) is 45.9 Å². The lowest BCUT2D eigenvalue weighted by Gasteiger charge is -2.20. The molecule has 0 bridgehead atoms. The summed E-state index contributed by atoms with van der Waals surface area (Å²) >= 11 is 0. The number of hydrogen-bond acceptors (Lipinski definition) is 2. The quantitative estimate of drug-likeness (QED) is 0.627. The molecule has 0 N–H and O–H groups in total. The maximum absolute atomic E-state index is 6.23. The number of ether oxygens (including phenoxy) is 1. The first-order valence-corrected chi connectivity index (χ1v) is 8.26. The predicted octanol–water partition coefficient (Wildman–Crippen LogP) is 4.11. The van der Waals surface area contributed by atoms with Gasteiger partial charge in [-0.25, -0.2) is 4.58 Å². The van der Waals surface area contributed by atoms with E-state index in [0.717, 1.165) is 35.7 Å². The minimum absolute atomic E-state index is 0.0466. The highest BCUT2D eigenvalue weighted by Gasteiger charge is 2.21. The lowest BCUT2D eigenvalue weighted by Crippen LogP contribution is -2.29. The van der Waals surface area contributed by atoms with Crippen molar-refractivity contribution in [1.29, 1.82) is 0 Å². The molecule has 23 heavy (non-hydrogen) atoms. The number of benzene rings is 1. The standard InChI is InChI=1S/C20H28NO2/c1-7-21(8-2)16-9-10-17-15(11-12-22-6)13-19(20(3,4)5)23-18(17)14-16/h9-14H,7-8H2,1-6H3/q+1. The lowest BCUT2D eigenvalue weighted by molar-refractivity contribution is 0.341.